The molecule has 0 aliphatic rings. The summed E-state index contributed by atoms with van der Waals surface area (Å²) in [6.45, 7) is 5.66. The van der Waals surface area contributed by atoms with Gasteiger partial charge in [-0.25, -0.2) is 0 Å². The fraction of sp³-hybridized carbons (Fsp3) is 0.417. The second-order valence-corrected chi connectivity index (χ2v) is 5.62. The van der Waals surface area contributed by atoms with Crippen LogP contribution in [0.3, 0.4) is 0 Å². The van der Waals surface area contributed by atoms with E-state index in [0.29, 0.717) is 11.4 Å². The quantitative estimate of drug-likeness (QED) is 0.808. The Bertz CT molecular complexity index is 365. The lowest BCUT2D eigenvalue weighted by atomic mass is 9.80. The second-order valence-electron chi connectivity index (χ2n) is 4.36. The number of halogens is 2. The molecule has 0 aliphatic heterocycles. The van der Waals surface area contributed by atoms with Crippen molar-refractivity contribution < 1.29 is 4.79 Å². The maximum absolute atomic E-state index is 11.2. The molecule has 0 fully saturated rings. The van der Waals surface area contributed by atoms with E-state index >= 15 is 0 Å². The molecule has 0 amide bonds. The van der Waals surface area contributed by atoms with E-state index in [0.717, 1.165) is 10.0 Å². The molecule has 82 valence electrons. The zero-order valence-corrected chi connectivity index (χ0v) is 11.4. The minimum absolute atomic E-state index is 0.173. The number of hydrogen-bond donors (Lipinski definition) is 0. The van der Waals surface area contributed by atoms with Crippen LogP contribution < -0.4 is 0 Å². The van der Waals surface area contributed by atoms with Crippen LogP contribution in [0.4, 0.5) is 0 Å². The molecular formula is C12H14BrClO. The third-order valence-electron chi connectivity index (χ3n) is 2.33. The first-order chi connectivity index (χ1) is 6.84. The Morgan fingerprint density at radius 3 is 2.53 bits per heavy atom. The molecule has 3 heteroatoms. The first-order valence-corrected chi connectivity index (χ1v) is 5.95. The van der Waals surface area contributed by atoms with Crippen molar-refractivity contribution >= 4 is 33.3 Å². The van der Waals surface area contributed by atoms with Crippen LogP contribution in [-0.2, 0) is 10.2 Å². The van der Waals surface area contributed by atoms with Gasteiger partial charge in [0.05, 0.1) is 0 Å². The Kier molecular flexibility index (Phi) is 3.96. The van der Waals surface area contributed by atoms with E-state index in [9.17, 15) is 4.79 Å². The third-order valence-corrected chi connectivity index (χ3v) is 3.31. The van der Waals surface area contributed by atoms with Crippen LogP contribution in [0.1, 0.15) is 32.8 Å². The molecule has 0 saturated carbocycles. The summed E-state index contributed by atoms with van der Waals surface area (Å²) in [5.41, 5.74) is 0.769. The predicted octanol–water partition coefficient (Wildman–Crippen LogP) is 4.36. The fourth-order valence-corrected chi connectivity index (χ4v) is 3.30. The van der Waals surface area contributed by atoms with Crippen molar-refractivity contribution in [3.63, 3.8) is 0 Å². The zero-order chi connectivity index (χ0) is 11.6. The summed E-state index contributed by atoms with van der Waals surface area (Å²) in [7, 11) is 0. The van der Waals surface area contributed by atoms with Gasteiger partial charge in [-0.3, -0.25) is 4.79 Å². The monoisotopic (exact) mass is 288 g/mol. The number of ketones is 1. The highest BCUT2D eigenvalue weighted by Gasteiger charge is 2.27. The molecule has 0 N–H and O–H groups in total. The van der Waals surface area contributed by atoms with E-state index < -0.39 is 0 Å². The van der Waals surface area contributed by atoms with Crippen LogP contribution in [0.2, 0.25) is 5.02 Å². The van der Waals surface area contributed by atoms with E-state index in [-0.39, 0.29) is 11.2 Å². The minimum atomic E-state index is -0.233. The molecule has 0 saturated heterocycles. The summed E-state index contributed by atoms with van der Waals surface area (Å²) in [4.78, 5) is 11.2. The summed E-state index contributed by atoms with van der Waals surface area (Å²) in [6.07, 6.45) is 0.495. The van der Waals surface area contributed by atoms with E-state index in [2.05, 4.69) is 15.9 Å². The summed E-state index contributed by atoms with van der Waals surface area (Å²) in [5, 5.41) is 0.704. The maximum atomic E-state index is 11.2. The largest absolute Gasteiger partial charge is 0.300 e. The van der Waals surface area contributed by atoms with Crippen molar-refractivity contribution in [3.8, 4) is 0 Å². The van der Waals surface area contributed by atoms with Crippen molar-refractivity contribution in [1.29, 1.82) is 0 Å². The Labute approximate surface area is 104 Å². The van der Waals surface area contributed by atoms with Crippen LogP contribution in [-0.4, -0.2) is 5.78 Å². The standard InChI is InChI=1S/C12H14BrClO/c1-8(15)7-12(2,3)11-9(13)5-4-6-10(11)14/h4-6H,7H2,1-3H3. The lowest BCUT2D eigenvalue weighted by molar-refractivity contribution is -0.118. The van der Waals surface area contributed by atoms with Gasteiger partial charge in [-0.05, 0) is 30.0 Å². The molecule has 0 aliphatic carbocycles. The number of carbonyl (C=O) groups excluding carboxylic acids is 1. The first kappa shape index (κ1) is 12.7. The van der Waals surface area contributed by atoms with Crippen LogP contribution in [0.5, 0.6) is 0 Å². The number of benzene rings is 1. The molecule has 1 aromatic carbocycles. The highest BCUT2D eigenvalue weighted by Crippen LogP contribution is 2.37. The molecule has 0 spiro atoms. The third kappa shape index (κ3) is 3.05. The van der Waals surface area contributed by atoms with Crippen molar-refractivity contribution in [2.75, 3.05) is 0 Å². The van der Waals surface area contributed by atoms with Gasteiger partial charge in [0.2, 0.25) is 0 Å². The van der Waals surface area contributed by atoms with E-state index in [1.807, 2.05) is 32.0 Å². The van der Waals surface area contributed by atoms with Gasteiger partial charge in [-0.15, -0.1) is 0 Å². The van der Waals surface area contributed by atoms with Crippen molar-refractivity contribution in [2.24, 2.45) is 0 Å². The van der Waals surface area contributed by atoms with Gasteiger partial charge in [0, 0.05) is 15.9 Å². The lowest BCUT2D eigenvalue weighted by Crippen LogP contribution is -2.21. The van der Waals surface area contributed by atoms with Crippen LogP contribution >= 0.6 is 27.5 Å². The van der Waals surface area contributed by atoms with E-state index in [4.69, 9.17) is 11.6 Å². The van der Waals surface area contributed by atoms with Gasteiger partial charge < -0.3 is 0 Å². The average Bonchev–Trinajstić information content (AvgIpc) is 1.99. The molecular weight excluding hydrogens is 275 g/mol. The molecule has 0 unspecified atom stereocenters. The van der Waals surface area contributed by atoms with Gasteiger partial charge >= 0.3 is 0 Å². The van der Waals surface area contributed by atoms with Crippen LogP contribution in [0.15, 0.2) is 22.7 Å². The smallest absolute Gasteiger partial charge is 0.130 e. The SMILES string of the molecule is CC(=O)CC(C)(C)c1c(Cl)cccc1Br. The summed E-state index contributed by atoms with van der Waals surface area (Å²) in [6, 6.07) is 5.69. The Balaban J connectivity index is 3.19. The van der Waals surface area contributed by atoms with Crippen molar-refractivity contribution in [2.45, 2.75) is 32.6 Å². The maximum Gasteiger partial charge on any atom is 0.130 e. The topological polar surface area (TPSA) is 17.1 Å². The normalized spacial score (nSPS) is 11.5. The summed E-state index contributed by atoms with van der Waals surface area (Å²) < 4.78 is 0.959. The highest BCUT2D eigenvalue weighted by atomic mass is 79.9. The lowest BCUT2D eigenvalue weighted by Gasteiger charge is -2.26. The van der Waals surface area contributed by atoms with Crippen LogP contribution in [0.25, 0.3) is 0 Å². The molecule has 0 atom stereocenters. The summed E-state index contributed by atoms with van der Waals surface area (Å²) >= 11 is 9.63. The zero-order valence-electron chi connectivity index (χ0n) is 9.10. The first-order valence-electron chi connectivity index (χ1n) is 4.78. The summed E-state index contributed by atoms with van der Waals surface area (Å²) in [5.74, 6) is 0.173. The van der Waals surface area contributed by atoms with Gasteiger partial charge in [-0.2, -0.15) is 0 Å². The second kappa shape index (κ2) is 4.67. The van der Waals surface area contributed by atoms with E-state index in [1.54, 1.807) is 6.92 Å². The molecule has 1 rings (SSSR count). The van der Waals surface area contributed by atoms with Gasteiger partial charge in [-0.1, -0.05) is 47.4 Å². The van der Waals surface area contributed by atoms with Crippen molar-refractivity contribution in [3.05, 3.63) is 33.3 Å². The Morgan fingerprint density at radius 1 is 1.47 bits per heavy atom. The molecule has 1 aromatic rings. The predicted molar refractivity (Wildman–Crippen MR) is 67.5 cm³/mol. The molecule has 0 bridgehead atoms. The molecule has 0 radical (unpaired) electrons. The fourth-order valence-electron chi connectivity index (χ4n) is 1.86. The highest BCUT2D eigenvalue weighted by molar-refractivity contribution is 9.10. The van der Waals surface area contributed by atoms with Crippen molar-refractivity contribution in [1.82, 2.24) is 0 Å². The van der Waals surface area contributed by atoms with Gasteiger partial charge in [0.25, 0.3) is 0 Å². The van der Waals surface area contributed by atoms with E-state index in [1.165, 1.54) is 0 Å². The Morgan fingerprint density at radius 2 is 2.07 bits per heavy atom. The van der Waals surface area contributed by atoms with Gasteiger partial charge in [0.15, 0.2) is 0 Å². The van der Waals surface area contributed by atoms with Crippen LogP contribution in [0, 0.1) is 0 Å². The number of hydrogen-bond acceptors (Lipinski definition) is 1. The molecule has 0 aromatic heterocycles. The average molecular weight is 290 g/mol. The number of Topliss-reactive ketones (excluding diaryl/α,β-unsaturated/α-hetero) is 1. The Hall–Kier alpha value is -0.340. The minimum Gasteiger partial charge on any atom is -0.300 e. The van der Waals surface area contributed by atoms with Gasteiger partial charge in [0.1, 0.15) is 5.78 Å². The molecule has 1 nitrogen and oxygen atoms in total. The molecule has 0 heterocycles. The number of rotatable bonds is 3. The number of carbonyl (C=O) groups is 1. The molecule has 15 heavy (non-hydrogen) atoms.